The zero-order valence-corrected chi connectivity index (χ0v) is 64.1. The van der Waals surface area contributed by atoms with Crippen molar-refractivity contribution in [1.82, 2.24) is 89.7 Å². The predicted molar refractivity (Wildman–Crippen MR) is 408 cm³/mol. The number of Topliss-reactive ketones (excluding diaryl/α,β-unsaturated/α-hetero) is 10. The molecule has 5 aromatic heterocycles. The number of piperidine rings is 2. The molecular formula is C82H78N19O14+. The van der Waals surface area contributed by atoms with Crippen molar-refractivity contribution in [3.8, 4) is 56.3 Å². The Morgan fingerprint density at radius 1 is 0.365 bits per heavy atom. The van der Waals surface area contributed by atoms with Gasteiger partial charge in [0.15, 0.2) is 41.6 Å². The van der Waals surface area contributed by atoms with Crippen LogP contribution in [0, 0.1) is 0 Å². The van der Waals surface area contributed by atoms with Crippen molar-refractivity contribution in [2.75, 3.05) is 59.9 Å². The van der Waals surface area contributed by atoms with E-state index in [1.807, 2.05) is 66.5 Å². The van der Waals surface area contributed by atoms with Crippen molar-refractivity contribution >= 4 is 76.2 Å². The zero-order valence-electron chi connectivity index (χ0n) is 64.1. The molecular weight excluding hydrogens is 1480 g/mol. The second-order valence-electron chi connectivity index (χ2n) is 31.7. The smallest absolute Gasteiger partial charge is 0.444 e. The minimum absolute atomic E-state index is 0.0735. The van der Waals surface area contributed by atoms with Crippen LogP contribution < -0.4 is 0 Å². The number of amides is 2. The third-order valence-electron chi connectivity index (χ3n) is 21.6. The number of nitrogens with zero attached hydrogens (tertiary/aromatic N) is 19. The van der Waals surface area contributed by atoms with Gasteiger partial charge in [0.05, 0.1) is 31.2 Å². The maximum absolute atomic E-state index is 12.5. The Morgan fingerprint density at radius 2 is 0.696 bits per heavy atom. The number of fused-ring (bicyclic) bond motifs is 15. The summed E-state index contributed by atoms with van der Waals surface area (Å²) in [5, 5.41) is 41.9. The van der Waals surface area contributed by atoms with Crippen molar-refractivity contribution < 1.29 is 71.6 Å². The van der Waals surface area contributed by atoms with E-state index in [0.29, 0.717) is 98.7 Å². The van der Waals surface area contributed by atoms with Crippen LogP contribution in [0.5, 0.6) is 0 Å². The Kier molecular flexibility index (Phi) is 19.6. The molecule has 33 heteroatoms. The number of hydrogen-bond donors (Lipinski definition) is 0. The van der Waals surface area contributed by atoms with Crippen LogP contribution in [0.1, 0.15) is 221 Å². The van der Waals surface area contributed by atoms with Crippen molar-refractivity contribution in [1.29, 1.82) is 0 Å². The number of hydrogen-bond acceptors (Lipinski definition) is 26. The lowest BCUT2D eigenvalue weighted by molar-refractivity contribution is -0.479. The fraction of sp³-hybridized carbons (Fsp3) is 0.354. The molecule has 10 aliphatic rings. The molecule has 1 atom stereocenters. The molecule has 33 nitrogen and oxygen atoms in total. The predicted octanol–water partition coefficient (Wildman–Crippen LogP) is 9.24. The highest BCUT2D eigenvalue weighted by Gasteiger charge is 2.46. The van der Waals surface area contributed by atoms with Crippen LogP contribution in [-0.4, -0.2) is 242 Å². The van der Waals surface area contributed by atoms with E-state index < -0.39 is 75.1 Å². The summed E-state index contributed by atoms with van der Waals surface area (Å²) in [5.41, 5.74) is 7.96. The summed E-state index contributed by atoms with van der Waals surface area (Å²) in [5.74, 6) is -5.51. The average molecular weight is 1550 g/mol. The largest absolute Gasteiger partial charge is 0.596 e. The number of rotatable bonds is 5. The number of carbonyl (C=O) groups excluding carboxylic acids is 12. The average Bonchev–Trinajstić information content (AvgIpc) is 1.72. The van der Waals surface area contributed by atoms with Crippen molar-refractivity contribution in [2.45, 2.75) is 128 Å². The van der Waals surface area contributed by atoms with Crippen LogP contribution in [-0.2, 0) is 9.47 Å². The van der Waals surface area contributed by atoms with E-state index >= 15 is 0 Å². The second-order valence-corrected chi connectivity index (χ2v) is 31.7. The Balaban J connectivity index is 0.000000108. The third-order valence-corrected chi connectivity index (χ3v) is 21.6. The molecule has 0 spiro atoms. The lowest BCUT2D eigenvalue weighted by atomic mass is 9.88. The van der Waals surface area contributed by atoms with Gasteiger partial charge in [0.25, 0.3) is 28.9 Å². The maximum atomic E-state index is 12.5. The number of carbonyl (C=O) groups is 12. The lowest BCUT2D eigenvalue weighted by Crippen LogP contribution is -2.52. The van der Waals surface area contributed by atoms with Gasteiger partial charge in [-0.1, -0.05) is 137 Å². The van der Waals surface area contributed by atoms with E-state index in [4.69, 9.17) is 9.47 Å². The SMILES string of the molecule is CC(C)(C)OC(=O)N1CC(n2nc3c(n2)-c2ccccc2C(=O)C3=O)C1.CC(C)(C)OC(=O)[N+]1=CC(n2nnc3c2C(=O)C(=O)c2ccccc2-3)C1.CN1CCC(n2nc3c(n2)-c2ccccc2C(=O)C3=O)CC1.CN1CCC(n2nnc3c2-c2ccccc2C(=O)C3=O)CC1.O=C1C(=O)c2nnn(C3CCC3)c2-c2ccccc21. The van der Waals surface area contributed by atoms with Gasteiger partial charge >= 0.3 is 12.2 Å². The summed E-state index contributed by atoms with van der Waals surface area (Å²) in [7, 11) is 4.20. The van der Waals surface area contributed by atoms with Crippen LogP contribution in [0.15, 0.2) is 121 Å². The maximum Gasteiger partial charge on any atom is 0.596 e. The van der Waals surface area contributed by atoms with E-state index in [1.54, 1.807) is 122 Å². The molecule has 5 aromatic carbocycles. The summed E-state index contributed by atoms with van der Waals surface area (Å²) >= 11 is 0. The van der Waals surface area contributed by atoms with Gasteiger partial charge < -0.3 is 24.2 Å². The first-order chi connectivity index (χ1) is 55.1. The molecule has 9 heterocycles. The molecule has 584 valence electrons. The van der Waals surface area contributed by atoms with Gasteiger partial charge in [-0.2, -0.15) is 24.6 Å². The van der Waals surface area contributed by atoms with E-state index in [1.165, 1.54) is 20.5 Å². The molecule has 4 fully saturated rings. The Hall–Kier alpha value is -13.2. The van der Waals surface area contributed by atoms with Gasteiger partial charge in [-0.05, 0) is 127 Å². The first-order valence-corrected chi connectivity index (χ1v) is 38.0. The van der Waals surface area contributed by atoms with Crippen molar-refractivity contribution in [3.63, 3.8) is 0 Å². The fourth-order valence-corrected chi connectivity index (χ4v) is 15.2. The molecule has 10 aromatic rings. The molecule has 6 aliphatic carbocycles. The highest BCUT2D eigenvalue weighted by Crippen LogP contribution is 2.42. The number of likely N-dealkylation sites (tertiary alicyclic amines) is 3. The highest BCUT2D eigenvalue weighted by molar-refractivity contribution is 6.55. The Labute approximate surface area is 656 Å². The van der Waals surface area contributed by atoms with Crippen LogP contribution in [0.25, 0.3) is 56.3 Å². The second kappa shape index (κ2) is 29.7. The van der Waals surface area contributed by atoms with Gasteiger partial charge in [-0.3, -0.25) is 47.9 Å². The monoisotopic (exact) mass is 1550 g/mol. The standard InChI is InChI=1S/C18H17N4O4.C18H18N4O4.2C16H16N4O2.C14H11N3O2/c1-18(2,3)26-17(25)21-8-10(9-21)22-14-13(19-20-22)11-6-4-5-7-12(11)15(23)16(14)24;1-18(2,3)26-17(25)21-8-10(9-21)22-19-13-11-6-4-5-7-12(11)15(23)16(24)14(13)20-22;1-19-8-6-10(7-9-19)20-14-11-4-2-3-5-12(11)15(21)16(22)13(14)17-18-20;1-19-8-6-10(7-9-19)20-17-13-11-4-2-3-5-12(11)15(21)16(22)14(13)18-20;18-13-10-7-2-1-6-9(10)12-11(14(13)19)15-16-17(12)8-4-3-5-8/h4-8,10H,9H2,1-3H3;4-7,10H,8-9H2,1-3H3;2*2-5,10H,6-9H2,1H3;1-2,6-8H,3-5H2/q+1;;;;. The van der Waals surface area contributed by atoms with E-state index in [0.717, 1.165) is 75.8 Å². The van der Waals surface area contributed by atoms with Gasteiger partial charge in [0.2, 0.25) is 28.9 Å². The fourth-order valence-electron chi connectivity index (χ4n) is 15.2. The van der Waals surface area contributed by atoms with E-state index in [2.05, 4.69) is 75.2 Å². The molecule has 0 radical (unpaired) electrons. The summed E-state index contributed by atoms with van der Waals surface area (Å²) in [6.45, 7) is 15.9. The number of ketones is 10. The first kappa shape index (κ1) is 75.8. The van der Waals surface area contributed by atoms with E-state index in [-0.39, 0.29) is 58.7 Å². The van der Waals surface area contributed by atoms with E-state index in [9.17, 15) is 57.5 Å². The first-order valence-electron chi connectivity index (χ1n) is 38.0. The Morgan fingerprint density at radius 3 is 1.10 bits per heavy atom. The highest BCUT2D eigenvalue weighted by atomic mass is 16.6. The summed E-state index contributed by atoms with van der Waals surface area (Å²) in [6, 6.07) is 35.5. The van der Waals surface area contributed by atoms with Crippen molar-refractivity contribution in [2.24, 2.45) is 0 Å². The van der Waals surface area contributed by atoms with Crippen LogP contribution in [0.4, 0.5) is 9.59 Å². The molecule has 0 N–H and O–H groups in total. The molecule has 115 heavy (non-hydrogen) atoms. The minimum Gasteiger partial charge on any atom is -0.444 e. The van der Waals surface area contributed by atoms with Crippen LogP contribution in [0.2, 0.25) is 0 Å². The summed E-state index contributed by atoms with van der Waals surface area (Å²) in [6.07, 6.45) is 7.89. The van der Waals surface area contributed by atoms with Crippen LogP contribution in [0.3, 0.4) is 0 Å². The normalized spacial score (nSPS) is 18.3. The number of benzene rings is 5. The van der Waals surface area contributed by atoms with Gasteiger partial charge in [0.1, 0.15) is 51.4 Å². The summed E-state index contributed by atoms with van der Waals surface area (Å²) < 4.78 is 17.1. The number of ether oxygens (including phenoxy) is 2. The molecule has 2 amide bonds. The third kappa shape index (κ3) is 14.0. The zero-order chi connectivity index (χ0) is 80.8. The van der Waals surface area contributed by atoms with Gasteiger partial charge in [-0.15, -0.1) is 30.1 Å². The molecule has 0 bridgehead atoms. The van der Waals surface area contributed by atoms with Gasteiger partial charge in [-0.25, -0.2) is 18.8 Å². The van der Waals surface area contributed by atoms with Gasteiger partial charge in [0, 0.05) is 55.6 Å². The minimum atomic E-state index is -0.645. The molecule has 1 saturated carbocycles. The lowest BCUT2D eigenvalue weighted by Gasteiger charge is -2.38. The molecule has 3 saturated heterocycles. The molecule has 1 unspecified atom stereocenters. The molecule has 4 aliphatic heterocycles. The quantitative estimate of drug-likeness (QED) is 0.114. The summed E-state index contributed by atoms with van der Waals surface area (Å²) in [4.78, 5) is 156. The number of aromatic nitrogens is 15. The molecule has 20 rings (SSSR count). The van der Waals surface area contributed by atoms with Crippen molar-refractivity contribution in [3.05, 3.63) is 178 Å². The topological polar surface area (TPSA) is 390 Å². The van der Waals surface area contributed by atoms with Crippen LogP contribution >= 0.6 is 0 Å². The Bertz CT molecular complexity index is 5800.